The maximum absolute atomic E-state index is 12.3. The van der Waals surface area contributed by atoms with Gasteiger partial charge in [0.05, 0.1) is 17.0 Å². The molecule has 0 aliphatic rings. The van der Waals surface area contributed by atoms with Gasteiger partial charge in [-0.3, -0.25) is 19.1 Å². The van der Waals surface area contributed by atoms with Gasteiger partial charge in [0.1, 0.15) is 0 Å². The average molecular weight is 394 g/mol. The number of primary amides is 1. The number of amides is 2. The van der Waals surface area contributed by atoms with Crippen LogP contribution in [0.5, 0.6) is 0 Å². The Morgan fingerprint density at radius 1 is 1.18 bits per heavy atom. The number of nitrogens with one attached hydrogen (secondary N) is 1. The number of anilines is 1. The number of nitrogens with zero attached hydrogens (tertiary/aromatic N) is 4. The maximum atomic E-state index is 12.3. The summed E-state index contributed by atoms with van der Waals surface area (Å²) >= 11 is 1.24. The molecule has 0 saturated carbocycles. The van der Waals surface area contributed by atoms with Gasteiger partial charge in [-0.2, -0.15) is 0 Å². The second-order valence-electron chi connectivity index (χ2n) is 5.69. The van der Waals surface area contributed by atoms with E-state index in [9.17, 15) is 9.59 Å². The number of carbonyl (C=O) groups is 2. The van der Waals surface area contributed by atoms with E-state index in [1.165, 1.54) is 11.8 Å². The Kier molecular flexibility index (Phi) is 6.18. The van der Waals surface area contributed by atoms with Crippen molar-refractivity contribution in [2.24, 2.45) is 5.73 Å². The first-order valence-electron chi connectivity index (χ1n) is 8.36. The minimum absolute atomic E-state index is 0.0960. The molecule has 2 heterocycles. The molecule has 0 aliphatic heterocycles. The molecule has 0 fully saturated rings. The maximum Gasteiger partial charge on any atom is 0.250 e. The molecule has 0 bridgehead atoms. The van der Waals surface area contributed by atoms with Crippen LogP contribution >= 0.6 is 11.8 Å². The predicted molar refractivity (Wildman–Crippen MR) is 108 cm³/mol. The molecule has 0 saturated heterocycles. The Morgan fingerprint density at radius 3 is 2.64 bits per heavy atom. The first-order valence-corrected chi connectivity index (χ1v) is 9.34. The molecule has 3 aromatic rings. The summed E-state index contributed by atoms with van der Waals surface area (Å²) in [5.41, 5.74) is 6.85. The van der Waals surface area contributed by atoms with Crippen molar-refractivity contribution < 1.29 is 9.59 Å². The Bertz CT molecular complexity index is 1000. The van der Waals surface area contributed by atoms with Gasteiger partial charge >= 0.3 is 0 Å². The van der Waals surface area contributed by atoms with Gasteiger partial charge < -0.3 is 11.1 Å². The number of nitrogens with two attached hydrogens (primary N) is 1. The highest BCUT2D eigenvalue weighted by Crippen LogP contribution is 2.24. The average Bonchev–Trinajstić information content (AvgIpc) is 3.10. The summed E-state index contributed by atoms with van der Waals surface area (Å²) in [6, 6.07) is 10.3. The van der Waals surface area contributed by atoms with E-state index in [0.717, 1.165) is 5.56 Å². The molecule has 0 spiro atoms. The van der Waals surface area contributed by atoms with Crippen LogP contribution in [0, 0.1) is 0 Å². The van der Waals surface area contributed by atoms with Crippen molar-refractivity contribution in [3.8, 4) is 11.4 Å². The number of hydrogen-bond donors (Lipinski definition) is 2. The molecule has 1 aromatic carbocycles. The summed E-state index contributed by atoms with van der Waals surface area (Å²) in [6.07, 6.45) is 5.10. The van der Waals surface area contributed by atoms with E-state index >= 15 is 0 Å². The van der Waals surface area contributed by atoms with Crippen LogP contribution in [0.25, 0.3) is 11.4 Å². The topological polar surface area (TPSA) is 116 Å². The third-order valence-corrected chi connectivity index (χ3v) is 4.73. The summed E-state index contributed by atoms with van der Waals surface area (Å²) < 4.78 is 1.87. The van der Waals surface area contributed by atoms with Crippen LogP contribution in [0.4, 0.5) is 5.69 Å². The third kappa shape index (κ3) is 4.44. The number of benzene rings is 1. The van der Waals surface area contributed by atoms with E-state index in [0.29, 0.717) is 23.2 Å². The largest absolute Gasteiger partial charge is 0.366 e. The Labute approximate surface area is 165 Å². The molecule has 2 amide bonds. The molecule has 2 aromatic heterocycles. The van der Waals surface area contributed by atoms with Crippen molar-refractivity contribution in [1.29, 1.82) is 0 Å². The van der Waals surface area contributed by atoms with Gasteiger partial charge in [0.2, 0.25) is 5.91 Å². The minimum Gasteiger partial charge on any atom is -0.366 e. The minimum atomic E-state index is -0.601. The lowest BCUT2D eigenvalue weighted by molar-refractivity contribution is -0.113. The Hall–Kier alpha value is -3.46. The summed E-state index contributed by atoms with van der Waals surface area (Å²) in [6.45, 7) is 4.27. The number of pyridine rings is 1. The van der Waals surface area contributed by atoms with E-state index in [1.807, 2.05) is 16.7 Å². The van der Waals surface area contributed by atoms with Crippen molar-refractivity contribution in [3.63, 3.8) is 0 Å². The van der Waals surface area contributed by atoms with E-state index in [1.54, 1.807) is 42.7 Å². The highest BCUT2D eigenvalue weighted by atomic mass is 32.2. The fourth-order valence-corrected chi connectivity index (χ4v) is 3.27. The lowest BCUT2D eigenvalue weighted by atomic mass is 10.1. The van der Waals surface area contributed by atoms with Crippen LogP contribution in [0.15, 0.2) is 66.6 Å². The molecule has 3 N–H and O–H groups in total. The van der Waals surface area contributed by atoms with Crippen LogP contribution in [0.2, 0.25) is 0 Å². The Morgan fingerprint density at radius 2 is 1.93 bits per heavy atom. The van der Waals surface area contributed by atoms with Crippen LogP contribution in [0.1, 0.15) is 10.4 Å². The monoisotopic (exact) mass is 394 g/mol. The zero-order valence-corrected chi connectivity index (χ0v) is 15.7. The van der Waals surface area contributed by atoms with Crippen LogP contribution in [0.3, 0.4) is 0 Å². The van der Waals surface area contributed by atoms with Crippen molar-refractivity contribution in [1.82, 2.24) is 19.7 Å². The van der Waals surface area contributed by atoms with Crippen LogP contribution in [-0.4, -0.2) is 37.3 Å². The number of hydrogen-bond acceptors (Lipinski definition) is 6. The molecule has 8 nitrogen and oxygen atoms in total. The first kappa shape index (κ1) is 19.3. The van der Waals surface area contributed by atoms with Crippen LogP contribution < -0.4 is 11.1 Å². The molecule has 0 atom stereocenters. The van der Waals surface area contributed by atoms with Gasteiger partial charge in [0.25, 0.3) is 5.91 Å². The van der Waals surface area contributed by atoms with E-state index in [4.69, 9.17) is 5.73 Å². The second kappa shape index (κ2) is 8.96. The number of rotatable bonds is 8. The number of allylic oxidation sites excluding steroid dienone is 1. The zero-order valence-electron chi connectivity index (χ0n) is 14.9. The molecule has 142 valence electrons. The standard InChI is InChI=1S/C19H18N6O2S/c1-2-11-25-18(13-7-9-21-10-8-13)23-24-19(25)28-12-16(26)22-15-6-4-3-5-14(15)17(20)27/h2-10H,1,11-12H2,(H2,20,27)(H,22,26). The van der Waals surface area contributed by atoms with Gasteiger partial charge in [0.15, 0.2) is 11.0 Å². The van der Waals surface area contributed by atoms with Gasteiger partial charge in [-0.1, -0.05) is 30.0 Å². The number of aromatic nitrogens is 4. The lowest BCUT2D eigenvalue weighted by Crippen LogP contribution is -2.19. The predicted octanol–water partition coefficient (Wildman–Crippen LogP) is 2.36. The molecule has 0 aliphatic carbocycles. The third-order valence-electron chi connectivity index (χ3n) is 3.77. The zero-order chi connectivity index (χ0) is 19.9. The Balaban J connectivity index is 1.73. The van der Waals surface area contributed by atoms with Crippen LogP contribution in [-0.2, 0) is 11.3 Å². The molecule has 3 rings (SSSR count). The van der Waals surface area contributed by atoms with Gasteiger partial charge in [-0.25, -0.2) is 0 Å². The lowest BCUT2D eigenvalue weighted by Gasteiger charge is -2.09. The number of para-hydroxylation sites is 1. The molecular formula is C19H18N6O2S. The molecule has 0 radical (unpaired) electrons. The van der Waals surface area contributed by atoms with E-state index in [2.05, 4.69) is 27.1 Å². The molecular weight excluding hydrogens is 376 g/mol. The van der Waals surface area contributed by atoms with Gasteiger partial charge in [0, 0.05) is 24.5 Å². The fraction of sp³-hybridized carbons (Fsp3) is 0.105. The SMILES string of the molecule is C=CCn1c(SCC(=O)Nc2ccccc2C(N)=O)nnc1-c1ccncc1. The highest BCUT2D eigenvalue weighted by molar-refractivity contribution is 7.99. The molecule has 9 heteroatoms. The fourth-order valence-electron chi connectivity index (χ4n) is 2.53. The summed E-state index contributed by atoms with van der Waals surface area (Å²) in [5, 5.41) is 11.7. The number of thioether (sulfide) groups is 1. The number of carbonyl (C=O) groups excluding carboxylic acids is 2. The molecule has 28 heavy (non-hydrogen) atoms. The second-order valence-corrected chi connectivity index (χ2v) is 6.63. The summed E-state index contributed by atoms with van der Waals surface area (Å²) in [7, 11) is 0. The normalized spacial score (nSPS) is 10.4. The summed E-state index contributed by atoms with van der Waals surface area (Å²) in [5.74, 6) is -0.114. The quantitative estimate of drug-likeness (QED) is 0.448. The van der Waals surface area contributed by atoms with Crippen molar-refractivity contribution >= 4 is 29.3 Å². The first-order chi connectivity index (χ1) is 13.6. The van der Waals surface area contributed by atoms with Gasteiger partial charge in [-0.05, 0) is 24.3 Å². The summed E-state index contributed by atoms with van der Waals surface area (Å²) in [4.78, 5) is 27.8. The highest BCUT2D eigenvalue weighted by Gasteiger charge is 2.16. The van der Waals surface area contributed by atoms with Crippen molar-refractivity contribution in [2.75, 3.05) is 11.1 Å². The smallest absolute Gasteiger partial charge is 0.250 e. The van der Waals surface area contributed by atoms with Crippen molar-refractivity contribution in [2.45, 2.75) is 11.7 Å². The van der Waals surface area contributed by atoms with E-state index in [-0.39, 0.29) is 17.2 Å². The van der Waals surface area contributed by atoms with Crippen molar-refractivity contribution in [3.05, 3.63) is 67.0 Å². The van der Waals surface area contributed by atoms with E-state index < -0.39 is 5.91 Å². The molecule has 0 unspecified atom stereocenters. The van der Waals surface area contributed by atoms with Gasteiger partial charge in [-0.15, -0.1) is 16.8 Å².